The van der Waals surface area contributed by atoms with Crippen molar-refractivity contribution in [1.29, 1.82) is 0 Å². The number of aliphatic hydroxyl groups excluding tert-OH is 1. The van der Waals surface area contributed by atoms with Gasteiger partial charge in [-0.25, -0.2) is 4.68 Å². The van der Waals surface area contributed by atoms with Gasteiger partial charge in [-0.3, -0.25) is 0 Å². The van der Waals surface area contributed by atoms with E-state index in [1.165, 1.54) is 23.0 Å². The van der Waals surface area contributed by atoms with Crippen molar-refractivity contribution in [3.05, 3.63) is 35.1 Å². The highest BCUT2D eigenvalue weighted by Gasteiger charge is 2.32. The number of benzene rings is 1. The van der Waals surface area contributed by atoms with Crippen LogP contribution < -0.4 is 4.74 Å². The summed E-state index contributed by atoms with van der Waals surface area (Å²) < 4.78 is 41.5. The van der Waals surface area contributed by atoms with Gasteiger partial charge in [0.05, 0.1) is 23.5 Å². The van der Waals surface area contributed by atoms with Crippen molar-refractivity contribution < 1.29 is 23.0 Å². The second-order valence-electron chi connectivity index (χ2n) is 3.48. The average Bonchev–Trinajstić information content (AvgIpc) is 2.79. The van der Waals surface area contributed by atoms with Crippen LogP contribution in [0.15, 0.2) is 24.4 Å². The first-order valence-corrected chi connectivity index (χ1v) is 5.34. The van der Waals surface area contributed by atoms with Crippen molar-refractivity contribution in [2.45, 2.75) is 13.0 Å². The average molecular weight is 294 g/mol. The van der Waals surface area contributed by atoms with E-state index >= 15 is 0 Å². The van der Waals surface area contributed by atoms with Gasteiger partial charge in [0.25, 0.3) is 0 Å². The van der Waals surface area contributed by atoms with Crippen molar-refractivity contribution in [2.75, 3.05) is 0 Å². The molecule has 1 N–H and O–H groups in total. The summed E-state index contributed by atoms with van der Waals surface area (Å²) in [6.07, 6.45) is -3.46. The van der Waals surface area contributed by atoms with E-state index in [1.54, 1.807) is 0 Å². The summed E-state index contributed by atoms with van der Waals surface area (Å²) in [5, 5.41) is 15.9. The molecule has 1 aromatic carbocycles. The standard InChI is InChI=1S/C10H7ClF3N3O2/c11-8-2-1-7(3-9(8)19-10(12,13)14)17-4-6(5-18)15-16-17/h1-4,18H,5H2. The van der Waals surface area contributed by atoms with E-state index in [0.29, 0.717) is 0 Å². The Morgan fingerprint density at radius 3 is 2.68 bits per heavy atom. The minimum absolute atomic E-state index is 0.177. The highest BCUT2D eigenvalue weighted by molar-refractivity contribution is 6.32. The van der Waals surface area contributed by atoms with Crippen LogP contribution in [0.5, 0.6) is 5.75 Å². The van der Waals surface area contributed by atoms with Crippen LogP contribution in [-0.2, 0) is 6.61 Å². The first-order chi connectivity index (χ1) is 8.89. The summed E-state index contributed by atoms with van der Waals surface area (Å²) in [5.74, 6) is -0.535. The number of hydrogen-bond donors (Lipinski definition) is 1. The van der Waals surface area contributed by atoms with Gasteiger partial charge in [-0.2, -0.15) is 0 Å². The van der Waals surface area contributed by atoms with E-state index in [4.69, 9.17) is 16.7 Å². The molecule has 0 atom stereocenters. The third kappa shape index (κ3) is 3.36. The molecule has 2 rings (SSSR count). The van der Waals surface area contributed by atoms with Crippen LogP contribution in [0, 0.1) is 0 Å². The lowest BCUT2D eigenvalue weighted by molar-refractivity contribution is -0.274. The number of aromatic nitrogens is 3. The molecule has 9 heteroatoms. The molecule has 0 fully saturated rings. The normalized spacial score (nSPS) is 11.6. The summed E-state index contributed by atoms with van der Waals surface area (Å²) in [5.41, 5.74) is 0.559. The highest BCUT2D eigenvalue weighted by atomic mass is 35.5. The molecule has 0 radical (unpaired) electrons. The molecule has 0 aliphatic rings. The summed E-state index contributed by atoms with van der Waals surface area (Å²) in [6.45, 7) is -0.320. The fourth-order valence-electron chi connectivity index (χ4n) is 1.33. The predicted octanol–water partition coefficient (Wildman–Crippen LogP) is 2.31. The fourth-order valence-corrected chi connectivity index (χ4v) is 1.49. The molecule has 102 valence electrons. The van der Waals surface area contributed by atoms with Gasteiger partial charge in [0.2, 0.25) is 0 Å². The molecule has 0 aliphatic carbocycles. The van der Waals surface area contributed by atoms with Crippen molar-refractivity contribution >= 4 is 11.6 Å². The lowest BCUT2D eigenvalue weighted by Crippen LogP contribution is -2.17. The van der Waals surface area contributed by atoms with Crippen molar-refractivity contribution in [2.24, 2.45) is 0 Å². The summed E-state index contributed by atoms with van der Waals surface area (Å²) in [6, 6.07) is 3.77. The van der Waals surface area contributed by atoms with E-state index < -0.39 is 12.1 Å². The topological polar surface area (TPSA) is 60.2 Å². The molecule has 0 saturated heterocycles. The number of halogens is 4. The number of rotatable bonds is 3. The van der Waals surface area contributed by atoms with Gasteiger partial charge >= 0.3 is 6.36 Å². The van der Waals surface area contributed by atoms with Crippen LogP contribution in [-0.4, -0.2) is 26.5 Å². The van der Waals surface area contributed by atoms with E-state index in [-0.39, 0.29) is 23.0 Å². The number of alkyl halides is 3. The zero-order valence-electron chi connectivity index (χ0n) is 9.23. The molecule has 5 nitrogen and oxygen atoms in total. The first-order valence-electron chi connectivity index (χ1n) is 4.97. The lowest BCUT2D eigenvalue weighted by Gasteiger charge is -2.11. The maximum absolute atomic E-state index is 12.2. The highest BCUT2D eigenvalue weighted by Crippen LogP contribution is 2.31. The van der Waals surface area contributed by atoms with Gasteiger partial charge in [-0.1, -0.05) is 16.8 Å². The van der Waals surface area contributed by atoms with Crippen LogP contribution in [0.2, 0.25) is 5.02 Å². The van der Waals surface area contributed by atoms with Crippen LogP contribution >= 0.6 is 11.6 Å². The Morgan fingerprint density at radius 2 is 2.11 bits per heavy atom. The van der Waals surface area contributed by atoms with E-state index in [2.05, 4.69) is 15.0 Å². The molecule has 2 aromatic rings. The largest absolute Gasteiger partial charge is 0.573 e. The smallest absolute Gasteiger partial charge is 0.404 e. The summed E-state index contributed by atoms with van der Waals surface area (Å²) >= 11 is 5.61. The zero-order chi connectivity index (χ0) is 14.0. The van der Waals surface area contributed by atoms with Crippen LogP contribution in [0.4, 0.5) is 13.2 Å². The molecule has 1 heterocycles. The summed E-state index contributed by atoms with van der Waals surface area (Å²) in [4.78, 5) is 0. The van der Waals surface area contributed by atoms with Gasteiger partial charge in [0.15, 0.2) is 0 Å². The van der Waals surface area contributed by atoms with Gasteiger partial charge < -0.3 is 9.84 Å². The molecule has 0 spiro atoms. The van der Waals surface area contributed by atoms with Crippen LogP contribution in [0.3, 0.4) is 0 Å². The van der Waals surface area contributed by atoms with E-state index in [9.17, 15) is 13.2 Å². The van der Waals surface area contributed by atoms with Crippen LogP contribution in [0.25, 0.3) is 5.69 Å². The third-order valence-electron chi connectivity index (χ3n) is 2.11. The Bertz CT molecular complexity index is 586. The monoisotopic (exact) mass is 293 g/mol. The van der Waals surface area contributed by atoms with E-state index in [0.717, 1.165) is 6.07 Å². The Morgan fingerprint density at radius 1 is 1.37 bits per heavy atom. The Kier molecular flexibility index (Phi) is 3.63. The quantitative estimate of drug-likeness (QED) is 0.943. The second kappa shape index (κ2) is 5.06. The molecule has 0 unspecified atom stereocenters. The van der Waals surface area contributed by atoms with Crippen molar-refractivity contribution in [3.8, 4) is 11.4 Å². The first kappa shape index (κ1) is 13.6. The number of aliphatic hydroxyl groups is 1. The number of ether oxygens (including phenoxy) is 1. The fraction of sp³-hybridized carbons (Fsp3) is 0.200. The van der Waals surface area contributed by atoms with Crippen LogP contribution in [0.1, 0.15) is 5.69 Å². The predicted molar refractivity (Wildman–Crippen MR) is 59.0 cm³/mol. The Balaban J connectivity index is 2.35. The number of hydrogen-bond acceptors (Lipinski definition) is 4. The molecular formula is C10H7ClF3N3O2. The SMILES string of the molecule is OCc1cn(-c2ccc(Cl)c(OC(F)(F)F)c2)nn1. The Hall–Kier alpha value is -1.80. The van der Waals surface area contributed by atoms with Gasteiger partial charge in [-0.15, -0.1) is 18.3 Å². The van der Waals surface area contributed by atoms with Gasteiger partial charge in [0, 0.05) is 6.07 Å². The Labute approximate surface area is 110 Å². The zero-order valence-corrected chi connectivity index (χ0v) is 9.98. The molecular weight excluding hydrogens is 287 g/mol. The molecule has 1 aromatic heterocycles. The maximum atomic E-state index is 12.2. The molecule has 0 aliphatic heterocycles. The van der Waals surface area contributed by atoms with Crippen molar-refractivity contribution in [3.63, 3.8) is 0 Å². The van der Waals surface area contributed by atoms with E-state index in [1.807, 2.05) is 0 Å². The minimum Gasteiger partial charge on any atom is -0.404 e. The molecule has 0 saturated carbocycles. The van der Waals surface area contributed by atoms with Gasteiger partial charge in [-0.05, 0) is 12.1 Å². The second-order valence-corrected chi connectivity index (χ2v) is 3.88. The molecule has 19 heavy (non-hydrogen) atoms. The number of nitrogens with zero attached hydrogens (tertiary/aromatic N) is 3. The summed E-state index contributed by atoms with van der Waals surface area (Å²) in [7, 11) is 0. The maximum Gasteiger partial charge on any atom is 0.573 e. The van der Waals surface area contributed by atoms with Gasteiger partial charge in [0.1, 0.15) is 11.4 Å². The molecule has 0 bridgehead atoms. The third-order valence-corrected chi connectivity index (χ3v) is 2.42. The van der Waals surface area contributed by atoms with Crippen molar-refractivity contribution in [1.82, 2.24) is 15.0 Å². The lowest BCUT2D eigenvalue weighted by atomic mass is 10.3. The minimum atomic E-state index is -4.83. The molecule has 0 amide bonds.